The molecule has 0 amide bonds. The first-order chi connectivity index (χ1) is 9.77. The van der Waals surface area contributed by atoms with Crippen molar-refractivity contribution in [3.63, 3.8) is 0 Å². The van der Waals surface area contributed by atoms with Gasteiger partial charge in [0, 0.05) is 27.2 Å². The molecule has 2 nitrogen and oxygen atoms in total. The number of hydrogen-bond acceptors (Lipinski definition) is 2. The molecule has 2 aromatic rings. The molecule has 1 aliphatic heterocycles. The van der Waals surface area contributed by atoms with Crippen LogP contribution in [0.3, 0.4) is 0 Å². The summed E-state index contributed by atoms with van der Waals surface area (Å²) in [6.45, 7) is 2.11. The summed E-state index contributed by atoms with van der Waals surface area (Å²) in [4.78, 5) is 4.72. The van der Waals surface area contributed by atoms with E-state index in [0.717, 1.165) is 13.1 Å². The Hall–Kier alpha value is -2.22. The van der Waals surface area contributed by atoms with Gasteiger partial charge in [-0.3, -0.25) is 0 Å². The molecule has 3 rings (SSSR count). The predicted molar refractivity (Wildman–Crippen MR) is 85.0 cm³/mol. The summed E-state index contributed by atoms with van der Waals surface area (Å²) in [5, 5.41) is 0. The highest BCUT2D eigenvalue weighted by atomic mass is 15.2. The molecule has 0 fully saturated rings. The molecule has 1 heterocycles. The zero-order valence-electron chi connectivity index (χ0n) is 12.1. The van der Waals surface area contributed by atoms with Gasteiger partial charge in [0.25, 0.3) is 0 Å². The molecule has 0 atom stereocenters. The second-order valence-electron chi connectivity index (χ2n) is 5.27. The van der Waals surface area contributed by atoms with Crippen molar-refractivity contribution in [2.75, 3.05) is 27.2 Å². The van der Waals surface area contributed by atoms with Crippen molar-refractivity contribution in [1.29, 1.82) is 0 Å². The summed E-state index contributed by atoms with van der Waals surface area (Å²) in [5.74, 6) is 0. The van der Waals surface area contributed by atoms with E-state index in [4.69, 9.17) is 0 Å². The summed E-state index contributed by atoms with van der Waals surface area (Å²) >= 11 is 0. The lowest BCUT2D eigenvalue weighted by Crippen LogP contribution is -2.36. The van der Waals surface area contributed by atoms with Gasteiger partial charge in [-0.2, -0.15) is 0 Å². The first-order valence-electron chi connectivity index (χ1n) is 7.05. The number of nitrogens with zero attached hydrogens (tertiary/aromatic N) is 2. The lowest BCUT2D eigenvalue weighted by molar-refractivity contribution is 0.358. The van der Waals surface area contributed by atoms with Crippen LogP contribution in [0.4, 0.5) is 0 Å². The Kier molecular flexibility index (Phi) is 3.46. The van der Waals surface area contributed by atoms with E-state index in [1.54, 1.807) is 0 Å². The normalized spacial score (nSPS) is 15.7. The molecular weight excluding hydrogens is 244 g/mol. The lowest BCUT2D eigenvalue weighted by atomic mass is 10.0. The van der Waals surface area contributed by atoms with Crippen molar-refractivity contribution in [2.24, 2.45) is 0 Å². The Morgan fingerprint density at radius 3 is 1.30 bits per heavy atom. The van der Waals surface area contributed by atoms with Crippen LogP contribution in [0, 0.1) is 0 Å². The Morgan fingerprint density at radius 2 is 0.950 bits per heavy atom. The number of benzene rings is 2. The molecule has 0 saturated carbocycles. The minimum atomic E-state index is 1.05. The standard InChI is InChI=1S/C18H20N2/c1-19-13-14-20(2)18(16-11-7-4-8-12-16)17(19)15-9-5-3-6-10-15/h3-12H,13-14H2,1-2H3. The van der Waals surface area contributed by atoms with E-state index in [0.29, 0.717) is 0 Å². The van der Waals surface area contributed by atoms with Gasteiger partial charge in [-0.1, -0.05) is 60.7 Å². The molecule has 0 aliphatic carbocycles. The molecule has 0 unspecified atom stereocenters. The second-order valence-corrected chi connectivity index (χ2v) is 5.27. The van der Waals surface area contributed by atoms with Gasteiger partial charge in [-0.25, -0.2) is 0 Å². The molecule has 1 aliphatic rings. The monoisotopic (exact) mass is 264 g/mol. The third kappa shape index (κ3) is 2.29. The van der Waals surface area contributed by atoms with E-state index in [2.05, 4.69) is 84.6 Å². The van der Waals surface area contributed by atoms with E-state index in [9.17, 15) is 0 Å². The third-order valence-corrected chi connectivity index (χ3v) is 3.85. The van der Waals surface area contributed by atoms with Crippen molar-refractivity contribution in [3.8, 4) is 0 Å². The maximum atomic E-state index is 2.36. The average Bonchev–Trinajstić information content (AvgIpc) is 2.51. The summed E-state index contributed by atoms with van der Waals surface area (Å²) in [6.07, 6.45) is 0. The summed E-state index contributed by atoms with van der Waals surface area (Å²) in [7, 11) is 4.36. The van der Waals surface area contributed by atoms with Gasteiger partial charge in [0.1, 0.15) is 0 Å². The topological polar surface area (TPSA) is 6.48 Å². The average molecular weight is 264 g/mol. The van der Waals surface area contributed by atoms with Gasteiger partial charge < -0.3 is 9.80 Å². The third-order valence-electron chi connectivity index (χ3n) is 3.85. The van der Waals surface area contributed by atoms with Crippen molar-refractivity contribution in [3.05, 3.63) is 71.8 Å². The highest BCUT2D eigenvalue weighted by Gasteiger charge is 2.23. The van der Waals surface area contributed by atoms with Crippen LogP contribution in [0.5, 0.6) is 0 Å². The molecule has 0 bridgehead atoms. The Morgan fingerprint density at radius 1 is 0.600 bits per heavy atom. The molecule has 2 aromatic carbocycles. The van der Waals surface area contributed by atoms with Crippen molar-refractivity contribution in [1.82, 2.24) is 9.80 Å². The molecular formula is C18H20N2. The van der Waals surface area contributed by atoms with Gasteiger partial charge in [0.15, 0.2) is 0 Å². The number of hydrogen-bond donors (Lipinski definition) is 0. The van der Waals surface area contributed by atoms with Crippen LogP contribution in [0.2, 0.25) is 0 Å². The fourth-order valence-corrected chi connectivity index (χ4v) is 2.79. The van der Waals surface area contributed by atoms with Gasteiger partial charge in [-0.15, -0.1) is 0 Å². The van der Waals surface area contributed by atoms with Crippen LogP contribution in [-0.2, 0) is 0 Å². The SMILES string of the molecule is CN1CCN(C)C(c2ccccc2)=C1c1ccccc1. The predicted octanol–water partition coefficient (Wildman–Crippen LogP) is 3.39. The number of rotatable bonds is 2. The zero-order valence-corrected chi connectivity index (χ0v) is 12.1. The summed E-state index contributed by atoms with van der Waals surface area (Å²) in [6, 6.07) is 21.3. The Bertz CT molecular complexity index is 546. The minimum absolute atomic E-state index is 1.05. The maximum absolute atomic E-state index is 2.36. The Labute approximate surface area is 121 Å². The highest BCUT2D eigenvalue weighted by molar-refractivity contribution is 5.89. The molecule has 20 heavy (non-hydrogen) atoms. The van der Waals surface area contributed by atoms with E-state index in [1.807, 2.05) is 0 Å². The van der Waals surface area contributed by atoms with Gasteiger partial charge >= 0.3 is 0 Å². The second kappa shape index (κ2) is 5.41. The molecule has 2 heteroatoms. The van der Waals surface area contributed by atoms with E-state index in [1.165, 1.54) is 22.5 Å². The lowest BCUT2D eigenvalue weighted by Gasteiger charge is -2.37. The first-order valence-corrected chi connectivity index (χ1v) is 7.05. The van der Waals surface area contributed by atoms with Crippen molar-refractivity contribution < 1.29 is 0 Å². The number of likely N-dealkylation sites (N-methyl/N-ethyl adjacent to an activating group) is 2. The van der Waals surface area contributed by atoms with E-state index >= 15 is 0 Å². The van der Waals surface area contributed by atoms with Gasteiger partial charge in [0.2, 0.25) is 0 Å². The largest absolute Gasteiger partial charge is 0.371 e. The van der Waals surface area contributed by atoms with Crippen LogP contribution < -0.4 is 0 Å². The Balaban J connectivity index is 2.21. The summed E-state index contributed by atoms with van der Waals surface area (Å²) < 4.78 is 0. The zero-order chi connectivity index (χ0) is 13.9. The first kappa shape index (κ1) is 12.8. The van der Waals surface area contributed by atoms with Crippen LogP contribution >= 0.6 is 0 Å². The summed E-state index contributed by atoms with van der Waals surface area (Å²) in [5.41, 5.74) is 5.18. The molecule has 0 spiro atoms. The smallest absolute Gasteiger partial charge is 0.0681 e. The van der Waals surface area contributed by atoms with Crippen LogP contribution in [-0.4, -0.2) is 37.0 Å². The molecule has 0 aromatic heterocycles. The van der Waals surface area contributed by atoms with Gasteiger partial charge in [-0.05, 0) is 11.1 Å². The van der Waals surface area contributed by atoms with Crippen LogP contribution in [0.25, 0.3) is 11.4 Å². The van der Waals surface area contributed by atoms with E-state index in [-0.39, 0.29) is 0 Å². The quantitative estimate of drug-likeness (QED) is 0.820. The van der Waals surface area contributed by atoms with Crippen LogP contribution in [0.15, 0.2) is 60.7 Å². The fourth-order valence-electron chi connectivity index (χ4n) is 2.79. The van der Waals surface area contributed by atoms with Crippen molar-refractivity contribution >= 4 is 11.4 Å². The van der Waals surface area contributed by atoms with Gasteiger partial charge in [0.05, 0.1) is 11.4 Å². The highest BCUT2D eigenvalue weighted by Crippen LogP contribution is 2.33. The maximum Gasteiger partial charge on any atom is 0.0681 e. The fraction of sp³-hybridized carbons (Fsp3) is 0.222. The van der Waals surface area contributed by atoms with Crippen LogP contribution in [0.1, 0.15) is 11.1 Å². The minimum Gasteiger partial charge on any atom is -0.371 e. The molecule has 0 N–H and O–H groups in total. The van der Waals surface area contributed by atoms with E-state index < -0.39 is 0 Å². The molecule has 0 saturated heterocycles. The molecule has 102 valence electrons. The molecule has 0 radical (unpaired) electrons. The van der Waals surface area contributed by atoms with Crippen molar-refractivity contribution in [2.45, 2.75) is 0 Å².